The van der Waals surface area contributed by atoms with Gasteiger partial charge in [0.1, 0.15) is 0 Å². The number of hydrogen-bond acceptors (Lipinski definition) is 4. The largest absolute Gasteiger partial charge is 0.372 e. The van der Waals surface area contributed by atoms with E-state index in [4.69, 9.17) is 9.05 Å². The number of halogens is 1. The standard InChI is InChI=1S/C12H22FO4P/c1-3-16-18(15,17-4-2)12(13)11(14)10-8-6-5-7-9-10/h10,12H,3-9H2,1-2H3. The summed E-state index contributed by atoms with van der Waals surface area (Å²) in [5.74, 6) is -3.08. The van der Waals surface area contributed by atoms with Crippen LogP contribution in [0.5, 0.6) is 0 Å². The average molecular weight is 280 g/mol. The van der Waals surface area contributed by atoms with Crippen molar-refractivity contribution in [3.63, 3.8) is 0 Å². The minimum absolute atomic E-state index is 0.0651. The number of hydrogen-bond donors (Lipinski definition) is 0. The second-order valence-corrected chi connectivity index (χ2v) is 6.50. The van der Waals surface area contributed by atoms with Crippen LogP contribution in [-0.2, 0) is 18.4 Å². The third kappa shape index (κ3) is 3.87. The van der Waals surface area contributed by atoms with Gasteiger partial charge in [-0.15, -0.1) is 0 Å². The van der Waals surface area contributed by atoms with Crippen LogP contribution >= 0.6 is 7.60 Å². The van der Waals surface area contributed by atoms with E-state index in [-0.39, 0.29) is 19.1 Å². The molecule has 106 valence electrons. The Labute approximate surface area is 108 Å². The maximum absolute atomic E-state index is 14.1. The fourth-order valence-corrected chi connectivity index (χ4v) is 3.84. The molecule has 0 bridgehead atoms. The summed E-state index contributed by atoms with van der Waals surface area (Å²) in [6.07, 6.45) is 4.29. The summed E-state index contributed by atoms with van der Waals surface area (Å²) in [4.78, 5) is 12.0. The normalized spacial score (nSPS) is 19.7. The molecule has 0 N–H and O–H groups in total. The van der Waals surface area contributed by atoms with E-state index in [9.17, 15) is 13.8 Å². The molecule has 1 unspecified atom stereocenters. The maximum atomic E-state index is 14.1. The van der Waals surface area contributed by atoms with E-state index in [0.29, 0.717) is 12.8 Å². The van der Waals surface area contributed by atoms with Crippen molar-refractivity contribution in [3.05, 3.63) is 0 Å². The van der Waals surface area contributed by atoms with Crippen LogP contribution < -0.4 is 0 Å². The van der Waals surface area contributed by atoms with E-state index < -0.39 is 19.3 Å². The van der Waals surface area contributed by atoms with E-state index in [1.54, 1.807) is 13.8 Å². The lowest BCUT2D eigenvalue weighted by atomic mass is 9.86. The first-order valence-corrected chi connectivity index (χ1v) is 8.23. The topological polar surface area (TPSA) is 52.6 Å². The highest BCUT2D eigenvalue weighted by Crippen LogP contribution is 2.55. The van der Waals surface area contributed by atoms with Crippen molar-refractivity contribution in [1.82, 2.24) is 0 Å². The van der Waals surface area contributed by atoms with Crippen molar-refractivity contribution in [3.8, 4) is 0 Å². The van der Waals surface area contributed by atoms with Gasteiger partial charge in [0.15, 0.2) is 5.78 Å². The van der Waals surface area contributed by atoms with Crippen LogP contribution in [0, 0.1) is 5.92 Å². The van der Waals surface area contributed by atoms with E-state index in [1.165, 1.54) is 0 Å². The van der Waals surface area contributed by atoms with Gasteiger partial charge >= 0.3 is 7.60 Å². The molecule has 1 saturated carbocycles. The molecule has 0 aromatic rings. The Morgan fingerprint density at radius 1 is 1.22 bits per heavy atom. The Morgan fingerprint density at radius 2 is 1.72 bits per heavy atom. The van der Waals surface area contributed by atoms with Crippen LogP contribution in [0.3, 0.4) is 0 Å². The third-order valence-corrected chi connectivity index (χ3v) is 5.18. The summed E-state index contributed by atoms with van der Waals surface area (Å²) in [6, 6.07) is 0. The zero-order valence-electron chi connectivity index (χ0n) is 11.1. The molecule has 1 aliphatic rings. The quantitative estimate of drug-likeness (QED) is 0.667. The maximum Gasteiger partial charge on any atom is 0.372 e. The molecule has 0 saturated heterocycles. The Bertz CT molecular complexity index is 305. The van der Waals surface area contributed by atoms with Gasteiger partial charge in [0.25, 0.3) is 5.91 Å². The summed E-state index contributed by atoms with van der Waals surface area (Å²) < 4.78 is 36.1. The van der Waals surface area contributed by atoms with Crippen LogP contribution in [0.2, 0.25) is 0 Å². The van der Waals surface area contributed by atoms with Crippen molar-refractivity contribution in [2.24, 2.45) is 5.92 Å². The third-order valence-electron chi connectivity index (χ3n) is 3.14. The smallest absolute Gasteiger partial charge is 0.307 e. The second-order valence-electron chi connectivity index (χ2n) is 4.45. The highest BCUT2D eigenvalue weighted by Gasteiger charge is 2.44. The Morgan fingerprint density at radius 3 is 2.17 bits per heavy atom. The predicted molar refractivity (Wildman–Crippen MR) is 67.3 cm³/mol. The van der Waals surface area contributed by atoms with Crippen molar-refractivity contribution in [2.45, 2.75) is 51.9 Å². The minimum atomic E-state index is -3.95. The van der Waals surface area contributed by atoms with E-state index in [0.717, 1.165) is 19.3 Å². The van der Waals surface area contributed by atoms with Crippen LogP contribution in [-0.4, -0.2) is 24.9 Å². The summed E-state index contributed by atoms with van der Waals surface area (Å²) in [5.41, 5.74) is 0. The molecule has 6 heteroatoms. The second kappa shape index (κ2) is 7.37. The highest BCUT2D eigenvalue weighted by molar-refractivity contribution is 7.55. The zero-order valence-corrected chi connectivity index (χ0v) is 12.0. The molecular weight excluding hydrogens is 258 g/mol. The van der Waals surface area contributed by atoms with E-state index in [2.05, 4.69) is 0 Å². The number of alkyl halides is 1. The molecule has 1 fully saturated rings. The Balaban J connectivity index is 2.72. The summed E-state index contributed by atoms with van der Waals surface area (Å²) in [6.45, 7) is 3.33. The predicted octanol–water partition coefficient (Wildman–Crippen LogP) is 3.70. The van der Waals surface area contributed by atoms with Crippen LogP contribution in [0.1, 0.15) is 46.0 Å². The van der Waals surface area contributed by atoms with Crippen molar-refractivity contribution >= 4 is 13.4 Å². The fourth-order valence-electron chi connectivity index (χ4n) is 2.27. The summed E-state index contributed by atoms with van der Waals surface area (Å²) >= 11 is 0. The number of ketones is 1. The van der Waals surface area contributed by atoms with Crippen LogP contribution in [0.25, 0.3) is 0 Å². The van der Waals surface area contributed by atoms with Gasteiger partial charge in [-0.25, -0.2) is 4.39 Å². The lowest BCUT2D eigenvalue weighted by Gasteiger charge is -2.25. The van der Waals surface area contributed by atoms with Crippen LogP contribution in [0.4, 0.5) is 4.39 Å². The first kappa shape index (κ1) is 15.8. The monoisotopic (exact) mass is 280 g/mol. The SMILES string of the molecule is CCOP(=O)(OCC)C(F)C(=O)C1CCCCC1. The van der Waals surface area contributed by atoms with Gasteiger partial charge in [0.2, 0.25) is 0 Å². The van der Waals surface area contributed by atoms with Gasteiger partial charge in [-0.3, -0.25) is 9.36 Å². The molecule has 0 aromatic heterocycles. The average Bonchev–Trinajstić information content (AvgIpc) is 2.38. The Hall–Kier alpha value is -0.250. The number of rotatable bonds is 7. The van der Waals surface area contributed by atoms with Gasteiger partial charge in [0.05, 0.1) is 13.2 Å². The Kier molecular flexibility index (Phi) is 6.47. The molecule has 0 amide bonds. The summed E-state index contributed by atoms with van der Waals surface area (Å²) in [7, 11) is -3.95. The van der Waals surface area contributed by atoms with Gasteiger partial charge in [-0.2, -0.15) is 0 Å². The molecule has 0 radical (unpaired) electrons. The van der Waals surface area contributed by atoms with Crippen molar-refractivity contribution in [1.29, 1.82) is 0 Å². The fraction of sp³-hybridized carbons (Fsp3) is 0.917. The zero-order chi connectivity index (χ0) is 13.6. The highest BCUT2D eigenvalue weighted by atomic mass is 31.2. The molecule has 1 rings (SSSR count). The molecule has 1 aliphatic carbocycles. The van der Waals surface area contributed by atoms with E-state index >= 15 is 0 Å². The van der Waals surface area contributed by atoms with Gasteiger partial charge in [-0.05, 0) is 26.7 Å². The van der Waals surface area contributed by atoms with Gasteiger partial charge < -0.3 is 9.05 Å². The molecule has 0 spiro atoms. The molecule has 1 atom stereocenters. The minimum Gasteiger partial charge on any atom is -0.307 e. The molecule has 4 nitrogen and oxygen atoms in total. The summed E-state index contributed by atoms with van der Waals surface area (Å²) in [5, 5.41) is 0. The first-order chi connectivity index (χ1) is 8.55. The molecule has 0 aliphatic heterocycles. The molecule has 0 aromatic carbocycles. The first-order valence-electron chi connectivity index (χ1n) is 6.61. The van der Waals surface area contributed by atoms with Gasteiger partial charge in [-0.1, -0.05) is 19.3 Å². The van der Waals surface area contributed by atoms with Crippen LogP contribution in [0.15, 0.2) is 0 Å². The lowest BCUT2D eigenvalue weighted by molar-refractivity contribution is -0.126. The molecule has 0 heterocycles. The van der Waals surface area contributed by atoms with Gasteiger partial charge in [0, 0.05) is 5.92 Å². The molecule has 18 heavy (non-hydrogen) atoms. The number of carbonyl (C=O) groups excluding carboxylic acids is 1. The van der Waals surface area contributed by atoms with Crippen molar-refractivity contribution in [2.75, 3.05) is 13.2 Å². The lowest BCUT2D eigenvalue weighted by Crippen LogP contribution is -2.28. The number of Topliss-reactive ketones (excluding diaryl/α,β-unsaturated/α-hetero) is 1. The molecular formula is C12H22FO4P. The number of carbonyl (C=O) groups is 1. The van der Waals surface area contributed by atoms with Crippen molar-refractivity contribution < 1.29 is 22.8 Å². The van der Waals surface area contributed by atoms with E-state index in [1.807, 2.05) is 0 Å².